The Labute approximate surface area is 127 Å². The summed E-state index contributed by atoms with van der Waals surface area (Å²) in [5.74, 6) is 0.00801. The summed E-state index contributed by atoms with van der Waals surface area (Å²) in [6.45, 7) is 6.84. The second-order valence-electron chi connectivity index (χ2n) is 5.67. The first kappa shape index (κ1) is 17.4. The lowest BCUT2D eigenvalue weighted by Gasteiger charge is -2.39. The maximum atomic E-state index is 12.6. The highest BCUT2D eigenvalue weighted by molar-refractivity contribution is 7.80. The number of hydrogen-bond donors (Lipinski definition) is 2. The zero-order valence-electron chi connectivity index (χ0n) is 12.9. The fraction of sp³-hybridized carbons (Fsp3) is 0.867. The minimum absolute atomic E-state index is 0.00801. The molecule has 0 aromatic carbocycles. The largest absolute Gasteiger partial charge is 0.392 e. The number of hydrogen-bond acceptors (Lipinski definition) is 3. The van der Waals surface area contributed by atoms with Crippen molar-refractivity contribution in [2.24, 2.45) is 11.1 Å². The van der Waals surface area contributed by atoms with Crippen molar-refractivity contribution < 1.29 is 9.53 Å². The average molecular weight is 300 g/mol. The second-order valence-corrected chi connectivity index (χ2v) is 6.11. The van der Waals surface area contributed by atoms with Crippen molar-refractivity contribution in [3.05, 3.63) is 0 Å². The molecular formula is C15H28N2O2S. The summed E-state index contributed by atoms with van der Waals surface area (Å²) < 4.78 is 5.52. The molecule has 0 saturated heterocycles. The van der Waals surface area contributed by atoms with E-state index in [0.29, 0.717) is 11.1 Å². The van der Waals surface area contributed by atoms with Crippen LogP contribution in [0.1, 0.15) is 59.3 Å². The summed E-state index contributed by atoms with van der Waals surface area (Å²) in [4.78, 5) is 13.0. The minimum Gasteiger partial charge on any atom is -0.392 e. The number of nitrogens with two attached hydrogens (primary N) is 1. The van der Waals surface area contributed by atoms with E-state index >= 15 is 0 Å². The third-order valence-corrected chi connectivity index (χ3v) is 4.48. The normalized spacial score (nSPS) is 22.1. The van der Waals surface area contributed by atoms with Crippen molar-refractivity contribution in [2.75, 3.05) is 6.61 Å². The van der Waals surface area contributed by atoms with E-state index in [2.05, 4.69) is 19.2 Å². The number of thiocarbonyl (C=S) groups is 1. The molecule has 1 saturated carbocycles. The van der Waals surface area contributed by atoms with Crippen LogP contribution in [0.15, 0.2) is 0 Å². The Morgan fingerprint density at radius 1 is 1.30 bits per heavy atom. The van der Waals surface area contributed by atoms with Gasteiger partial charge in [0, 0.05) is 12.6 Å². The minimum atomic E-state index is -0.671. The summed E-state index contributed by atoms with van der Waals surface area (Å²) in [6.07, 6.45) is 5.33. The number of ether oxygens (including phenoxy) is 1. The van der Waals surface area contributed by atoms with Crippen LogP contribution >= 0.6 is 12.2 Å². The van der Waals surface area contributed by atoms with Crippen molar-refractivity contribution >= 4 is 23.1 Å². The number of carbonyl (C=O) groups is 1. The van der Waals surface area contributed by atoms with Crippen LogP contribution in [0, 0.1) is 5.41 Å². The van der Waals surface area contributed by atoms with Gasteiger partial charge < -0.3 is 15.8 Å². The predicted octanol–water partition coefficient (Wildman–Crippen LogP) is 2.54. The third-order valence-electron chi connectivity index (χ3n) is 4.09. The van der Waals surface area contributed by atoms with Crippen molar-refractivity contribution in [1.29, 1.82) is 0 Å². The number of carbonyl (C=O) groups excluding carboxylic acids is 1. The van der Waals surface area contributed by atoms with Gasteiger partial charge >= 0.3 is 0 Å². The van der Waals surface area contributed by atoms with Gasteiger partial charge in [-0.3, -0.25) is 4.79 Å². The molecule has 0 spiro atoms. The molecule has 1 aliphatic rings. The van der Waals surface area contributed by atoms with E-state index in [9.17, 15) is 4.79 Å². The molecule has 0 heterocycles. The van der Waals surface area contributed by atoms with Crippen LogP contribution in [-0.4, -0.2) is 29.6 Å². The summed E-state index contributed by atoms with van der Waals surface area (Å²) in [6, 6.07) is 0.210. The first-order valence-electron chi connectivity index (χ1n) is 7.72. The molecule has 0 aromatic heterocycles. The summed E-state index contributed by atoms with van der Waals surface area (Å²) in [5, 5.41) is 3.11. The Kier molecular flexibility index (Phi) is 6.89. The Hall–Kier alpha value is -0.680. The lowest BCUT2D eigenvalue weighted by Crippen LogP contribution is -2.55. The molecule has 1 aliphatic carbocycles. The number of rotatable bonds is 9. The van der Waals surface area contributed by atoms with Gasteiger partial charge in [0.25, 0.3) is 0 Å². The Bertz CT molecular complexity index is 335. The number of nitrogens with one attached hydrogen (secondary N) is 1. The summed E-state index contributed by atoms with van der Waals surface area (Å²) in [5.41, 5.74) is 5.23. The van der Waals surface area contributed by atoms with Gasteiger partial charge in [-0.25, -0.2) is 0 Å². The molecule has 0 atom stereocenters. The lowest BCUT2D eigenvalue weighted by atomic mass is 9.77. The first-order valence-corrected chi connectivity index (χ1v) is 8.13. The van der Waals surface area contributed by atoms with Crippen LogP contribution in [-0.2, 0) is 9.53 Å². The van der Waals surface area contributed by atoms with Crippen molar-refractivity contribution in [1.82, 2.24) is 5.32 Å². The molecule has 1 amide bonds. The van der Waals surface area contributed by atoms with Gasteiger partial charge in [-0.05, 0) is 32.6 Å². The molecule has 3 N–H and O–H groups in total. The summed E-state index contributed by atoms with van der Waals surface area (Å²) in [7, 11) is 0. The van der Waals surface area contributed by atoms with Gasteiger partial charge in [0.2, 0.25) is 5.91 Å². The van der Waals surface area contributed by atoms with E-state index in [-0.39, 0.29) is 11.9 Å². The van der Waals surface area contributed by atoms with Crippen molar-refractivity contribution in [3.8, 4) is 0 Å². The van der Waals surface area contributed by atoms with Gasteiger partial charge in [-0.1, -0.05) is 38.9 Å². The van der Waals surface area contributed by atoms with Crippen molar-refractivity contribution in [3.63, 3.8) is 0 Å². The highest BCUT2D eigenvalue weighted by atomic mass is 32.1. The van der Waals surface area contributed by atoms with Gasteiger partial charge in [-0.15, -0.1) is 0 Å². The van der Waals surface area contributed by atoms with E-state index in [0.717, 1.165) is 45.1 Å². The zero-order valence-corrected chi connectivity index (χ0v) is 13.7. The molecule has 0 bridgehead atoms. The molecule has 0 unspecified atom stereocenters. The van der Waals surface area contributed by atoms with Gasteiger partial charge in [0.15, 0.2) is 0 Å². The number of amides is 1. The van der Waals surface area contributed by atoms with E-state index < -0.39 is 5.41 Å². The quantitative estimate of drug-likeness (QED) is 0.642. The van der Waals surface area contributed by atoms with Crippen LogP contribution in [0.5, 0.6) is 0 Å². The molecule has 20 heavy (non-hydrogen) atoms. The van der Waals surface area contributed by atoms with Gasteiger partial charge in [0.1, 0.15) is 0 Å². The fourth-order valence-corrected chi connectivity index (χ4v) is 3.24. The van der Waals surface area contributed by atoms with E-state index in [1.165, 1.54) is 0 Å². The zero-order chi connectivity index (χ0) is 15.2. The maximum absolute atomic E-state index is 12.6. The standard InChI is InChI=1S/C15H28N2O2S/c1-4-7-15(8-5-2,13(16)20)14(18)17-11-9-12(10-11)19-6-3/h11-12H,4-10H2,1-3H3,(H2,16,20)(H,17,18). The van der Waals surface area contributed by atoms with Crippen LogP contribution in [0.4, 0.5) is 0 Å². The summed E-state index contributed by atoms with van der Waals surface area (Å²) >= 11 is 5.20. The molecule has 5 heteroatoms. The molecule has 116 valence electrons. The van der Waals surface area contributed by atoms with Crippen LogP contribution in [0.3, 0.4) is 0 Å². The highest BCUT2D eigenvalue weighted by Gasteiger charge is 2.42. The Morgan fingerprint density at radius 2 is 1.85 bits per heavy atom. The third kappa shape index (κ3) is 3.92. The molecule has 0 radical (unpaired) electrons. The monoisotopic (exact) mass is 300 g/mol. The van der Waals surface area contributed by atoms with Crippen LogP contribution in [0.25, 0.3) is 0 Å². The Balaban J connectivity index is 2.62. The predicted molar refractivity (Wildman–Crippen MR) is 85.6 cm³/mol. The average Bonchev–Trinajstić information content (AvgIpc) is 2.35. The lowest BCUT2D eigenvalue weighted by molar-refractivity contribution is -0.130. The highest BCUT2D eigenvalue weighted by Crippen LogP contribution is 2.32. The smallest absolute Gasteiger partial charge is 0.233 e. The van der Waals surface area contributed by atoms with Crippen molar-refractivity contribution in [2.45, 2.75) is 71.4 Å². The maximum Gasteiger partial charge on any atom is 0.233 e. The Morgan fingerprint density at radius 3 is 2.25 bits per heavy atom. The van der Waals surface area contributed by atoms with Gasteiger partial charge in [0.05, 0.1) is 16.5 Å². The topological polar surface area (TPSA) is 64.3 Å². The molecule has 1 rings (SSSR count). The molecule has 1 fully saturated rings. The molecule has 4 nitrogen and oxygen atoms in total. The molecule has 0 aromatic rings. The molecule has 0 aliphatic heterocycles. The van der Waals surface area contributed by atoms with Crippen LogP contribution < -0.4 is 11.1 Å². The SMILES string of the molecule is CCCC(CCC)(C(=O)NC1CC(OCC)C1)C(N)=S. The van der Waals surface area contributed by atoms with E-state index in [1.54, 1.807) is 0 Å². The van der Waals surface area contributed by atoms with Gasteiger partial charge in [-0.2, -0.15) is 0 Å². The molecular weight excluding hydrogens is 272 g/mol. The van der Waals surface area contributed by atoms with E-state index in [4.69, 9.17) is 22.7 Å². The second kappa shape index (κ2) is 7.93. The van der Waals surface area contributed by atoms with Crippen LogP contribution in [0.2, 0.25) is 0 Å². The fourth-order valence-electron chi connectivity index (χ4n) is 2.94. The van der Waals surface area contributed by atoms with E-state index in [1.807, 2.05) is 6.92 Å². The first-order chi connectivity index (χ1) is 9.50.